The van der Waals surface area contributed by atoms with Crippen molar-refractivity contribution >= 4 is 5.91 Å². The first-order chi connectivity index (χ1) is 13.2. The number of carbonyl (C=O) groups is 1. The zero-order chi connectivity index (χ0) is 18.6. The van der Waals surface area contributed by atoms with Gasteiger partial charge in [-0.2, -0.15) is 0 Å². The molecule has 138 valence electrons. The van der Waals surface area contributed by atoms with Gasteiger partial charge in [-0.1, -0.05) is 48.5 Å². The van der Waals surface area contributed by atoms with Gasteiger partial charge in [-0.15, -0.1) is 0 Å². The Bertz CT molecular complexity index is 906. The summed E-state index contributed by atoms with van der Waals surface area (Å²) in [5.41, 5.74) is 2.54. The van der Waals surface area contributed by atoms with E-state index in [1.165, 1.54) is 5.56 Å². The van der Waals surface area contributed by atoms with Crippen molar-refractivity contribution in [1.29, 1.82) is 0 Å². The summed E-state index contributed by atoms with van der Waals surface area (Å²) in [5.74, 6) is 0.867. The molecule has 3 aromatic rings. The first kappa shape index (κ1) is 17.5. The van der Waals surface area contributed by atoms with Gasteiger partial charge in [0.2, 0.25) is 5.89 Å². The smallest absolute Gasteiger partial charge is 0.273 e. The van der Waals surface area contributed by atoms with Crippen molar-refractivity contribution in [2.75, 3.05) is 13.1 Å². The van der Waals surface area contributed by atoms with Gasteiger partial charge in [-0.3, -0.25) is 9.69 Å². The largest absolute Gasteiger partial charge is 0.441 e. The molecule has 0 bridgehead atoms. The number of nitrogens with one attached hydrogen (secondary N) is 1. The van der Waals surface area contributed by atoms with Gasteiger partial charge in [0.05, 0.1) is 0 Å². The summed E-state index contributed by atoms with van der Waals surface area (Å²) < 4.78 is 5.70. The van der Waals surface area contributed by atoms with Crippen molar-refractivity contribution in [2.24, 2.45) is 0 Å². The normalized spacial score (nSPS) is 17.1. The molecule has 4 rings (SSSR count). The van der Waals surface area contributed by atoms with E-state index in [2.05, 4.69) is 39.5 Å². The molecule has 5 heteroatoms. The van der Waals surface area contributed by atoms with E-state index in [1.54, 1.807) is 6.92 Å². The lowest BCUT2D eigenvalue weighted by atomic mass is 10.2. The molecule has 1 aliphatic heterocycles. The van der Waals surface area contributed by atoms with Crippen LogP contribution in [-0.4, -0.2) is 34.9 Å². The fourth-order valence-corrected chi connectivity index (χ4v) is 3.50. The molecule has 1 aliphatic rings. The molecule has 0 aliphatic carbocycles. The second-order valence-electron chi connectivity index (χ2n) is 6.97. The van der Waals surface area contributed by atoms with Gasteiger partial charge >= 0.3 is 0 Å². The van der Waals surface area contributed by atoms with E-state index in [9.17, 15) is 4.79 Å². The van der Waals surface area contributed by atoms with Crippen LogP contribution in [0.4, 0.5) is 0 Å². The number of aryl methyl sites for hydroxylation is 1. The number of hydrogen-bond acceptors (Lipinski definition) is 4. The van der Waals surface area contributed by atoms with Crippen LogP contribution in [0.25, 0.3) is 11.5 Å². The van der Waals surface area contributed by atoms with E-state index in [0.29, 0.717) is 17.3 Å². The Labute approximate surface area is 159 Å². The highest BCUT2D eigenvalue weighted by Gasteiger charge is 2.26. The third-order valence-corrected chi connectivity index (χ3v) is 4.89. The van der Waals surface area contributed by atoms with Crippen molar-refractivity contribution in [3.63, 3.8) is 0 Å². The molecule has 0 radical (unpaired) electrons. The van der Waals surface area contributed by atoms with E-state index < -0.39 is 0 Å². The van der Waals surface area contributed by atoms with Gasteiger partial charge in [0.1, 0.15) is 5.76 Å². The third kappa shape index (κ3) is 4.09. The maximum absolute atomic E-state index is 12.7. The number of carbonyl (C=O) groups excluding carboxylic acids is 1. The molecule has 5 nitrogen and oxygen atoms in total. The number of oxazole rings is 1. The highest BCUT2D eigenvalue weighted by Crippen LogP contribution is 2.22. The molecular weight excluding hydrogens is 338 g/mol. The quantitative estimate of drug-likeness (QED) is 0.754. The van der Waals surface area contributed by atoms with E-state index in [4.69, 9.17) is 4.42 Å². The highest BCUT2D eigenvalue weighted by atomic mass is 16.4. The number of likely N-dealkylation sites (tertiary alicyclic amines) is 1. The minimum absolute atomic E-state index is 0.137. The van der Waals surface area contributed by atoms with Gasteiger partial charge in [-0.25, -0.2) is 4.98 Å². The lowest BCUT2D eigenvalue weighted by Gasteiger charge is -2.16. The number of hydrogen-bond donors (Lipinski definition) is 1. The van der Waals surface area contributed by atoms with E-state index in [0.717, 1.165) is 31.6 Å². The molecule has 1 N–H and O–H groups in total. The van der Waals surface area contributed by atoms with Gasteiger partial charge in [0.25, 0.3) is 5.91 Å². The van der Waals surface area contributed by atoms with Crippen LogP contribution in [0.3, 0.4) is 0 Å². The van der Waals surface area contributed by atoms with Gasteiger partial charge in [-0.05, 0) is 31.0 Å². The zero-order valence-electron chi connectivity index (χ0n) is 15.4. The van der Waals surface area contributed by atoms with Gasteiger partial charge in [0.15, 0.2) is 5.69 Å². The van der Waals surface area contributed by atoms with Crippen LogP contribution in [0, 0.1) is 6.92 Å². The van der Waals surface area contributed by atoms with Crippen molar-refractivity contribution in [3.8, 4) is 11.5 Å². The lowest BCUT2D eigenvalue weighted by molar-refractivity contribution is 0.0931. The number of benzene rings is 2. The van der Waals surface area contributed by atoms with Crippen molar-refractivity contribution in [2.45, 2.75) is 25.9 Å². The summed E-state index contributed by atoms with van der Waals surface area (Å²) in [6, 6.07) is 20.2. The summed E-state index contributed by atoms with van der Waals surface area (Å²) in [6.45, 7) is 4.52. The number of nitrogens with zero attached hydrogens (tertiary/aromatic N) is 2. The molecule has 1 unspecified atom stereocenters. The first-order valence-corrected chi connectivity index (χ1v) is 9.29. The van der Waals surface area contributed by atoms with Crippen LogP contribution in [0.15, 0.2) is 65.1 Å². The average Bonchev–Trinajstić information content (AvgIpc) is 3.29. The van der Waals surface area contributed by atoms with Crippen LogP contribution in [0.5, 0.6) is 0 Å². The van der Waals surface area contributed by atoms with Crippen LogP contribution < -0.4 is 5.32 Å². The van der Waals surface area contributed by atoms with Crippen molar-refractivity contribution in [1.82, 2.24) is 15.2 Å². The maximum Gasteiger partial charge on any atom is 0.273 e. The minimum Gasteiger partial charge on any atom is -0.441 e. The fraction of sp³-hybridized carbons (Fsp3) is 0.273. The Morgan fingerprint density at radius 2 is 1.85 bits per heavy atom. The Hall–Kier alpha value is -2.92. The summed E-state index contributed by atoms with van der Waals surface area (Å²) >= 11 is 0. The molecule has 1 atom stereocenters. The number of rotatable bonds is 5. The molecule has 1 fully saturated rings. The van der Waals surface area contributed by atoms with E-state index in [1.807, 2.05) is 36.4 Å². The van der Waals surface area contributed by atoms with E-state index >= 15 is 0 Å². The topological polar surface area (TPSA) is 58.4 Å². The maximum atomic E-state index is 12.7. The van der Waals surface area contributed by atoms with Crippen LogP contribution in [-0.2, 0) is 6.54 Å². The Balaban J connectivity index is 1.38. The fourth-order valence-electron chi connectivity index (χ4n) is 3.50. The predicted octanol–water partition coefficient (Wildman–Crippen LogP) is 3.65. The molecule has 2 heterocycles. The summed E-state index contributed by atoms with van der Waals surface area (Å²) in [6.07, 6.45) is 0.945. The van der Waals surface area contributed by atoms with Gasteiger partial charge < -0.3 is 9.73 Å². The molecule has 0 saturated carbocycles. The van der Waals surface area contributed by atoms with Crippen LogP contribution in [0.1, 0.15) is 28.2 Å². The summed E-state index contributed by atoms with van der Waals surface area (Å²) in [4.78, 5) is 19.5. The Morgan fingerprint density at radius 1 is 1.15 bits per heavy atom. The van der Waals surface area contributed by atoms with E-state index in [-0.39, 0.29) is 11.9 Å². The Morgan fingerprint density at radius 3 is 2.59 bits per heavy atom. The van der Waals surface area contributed by atoms with Crippen molar-refractivity contribution in [3.05, 3.63) is 77.7 Å². The third-order valence-electron chi connectivity index (χ3n) is 4.89. The minimum atomic E-state index is -0.162. The number of amides is 1. The lowest BCUT2D eigenvalue weighted by Crippen LogP contribution is -2.37. The predicted molar refractivity (Wildman–Crippen MR) is 104 cm³/mol. The molecule has 2 aromatic carbocycles. The second-order valence-corrected chi connectivity index (χ2v) is 6.97. The zero-order valence-corrected chi connectivity index (χ0v) is 15.4. The summed E-state index contributed by atoms with van der Waals surface area (Å²) in [7, 11) is 0. The average molecular weight is 361 g/mol. The molecule has 1 saturated heterocycles. The van der Waals surface area contributed by atoms with Gasteiger partial charge in [0, 0.05) is 31.2 Å². The molecular formula is C22H23N3O2. The Kier molecular flexibility index (Phi) is 5.03. The van der Waals surface area contributed by atoms with Crippen LogP contribution >= 0.6 is 0 Å². The molecule has 1 amide bonds. The van der Waals surface area contributed by atoms with Crippen LogP contribution in [0.2, 0.25) is 0 Å². The first-order valence-electron chi connectivity index (χ1n) is 9.29. The second kappa shape index (κ2) is 7.76. The van der Waals surface area contributed by atoms with Crippen molar-refractivity contribution < 1.29 is 9.21 Å². The monoisotopic (exact) mass is 361 g/mol. The standard InChI is InChI=1S/C22H23N3O2/c1-16-20(24-22(27-16)18-10-6-3-7-11-18)21(26)23-19-12-13-25(15-19)14-17-8-4-2-5-9-17/h2-11,19H,12-15H2,1H3,(H,23,26). The molecule has 1 aromatic heterocycles. The SMILES string of the molecule is Cc1oc(-c2ccccc2)nc1C(=O)NC1CCN(Cc2ccccc2)C1. The molecule has 0 spiro atoms. The summed E-state index contributed by atoms with van der Waals surface area (Å²) in [5, 5.41) is 3.11. The highest BCUT2D eigenvalue weighted by molar-refractivity contribution is 5.93. The molecule has 27 heavy (non-hydrogen) atoms. The number of aromatic nitrogens is 1.